The molecule has 1 rings (SSSR count). The Morgan fingerprint density at radius 2 is 1.82 bits per heavy atom. The zero-order valence-corrected chi connectivity index (χ0v) is 10.8. The highest BCUT2D eigenvalue weighted by Crippen LogP contribution is 2.22. The molecule has 0 radical (unpaired) electrons. The highest BCUT2D eigenvalue weighted by molar-refractivity contribution is 5.82. The third-order valence-electron chi connectivity index (χ3n) is 3.25. The van der Waals surface area contributed by atoms with Gasteiger partial charge in [0.05, 0.1) is 0 Å². The van der Waals surface area contributed by atoms with Crippen LogP contribution >= 0.6 is 0 Å². The smallest absolute Gasteiger partial charge is 0.332 e. The molecule has 0 aromatic rings. The molecule has 1 saturated heterocycles. The first-order valence-corrected chi connectivity index (χ1v) is 5.90. The van der Waals surface area contributed by atoms with E-state index in [1.165, 1.54) is 0 Å². The van der Waals surface area contributed by atoms with Gasteiger partial charge < -0.3 is 15.2 Å². The molecule has 5 nitrogen and oxygen atoms in total. The molecule has 1 fully saturated rings. The number of hydrogen-bond donors (Lipinski definition) is 2. The van der Waals surface area contributed by atoms with E-state index in [4.69, 9.17) is 9.84 Å². The molecule has 2 N–H and O–H groups in total. The molecule has 1 unspecified atom stereocenters. The van der Waals surface area contributed by atoms with Gasteiger partial charge in [0.25, 0.3) is 0 Å². The average Bonchev–Trinajstić information content (AvgIpc) is 2.64. The second kappa shape index (κ2) is 5.04. The Balaban J connectivity index is 2.48. The van der Waals surface area contributed by atoms with Gasteiger partial charge in [-0.1, -0.05) is 20.8 Å². The monoisotopic (exact) mass is 243 g/mol. The minimum absolute atomic E-state index is 0.0162. The number of carbonyl (C=O) groups excluding carboxylic acids is 1. The van der Waals surface area contributed by atoms with E-state index in [2.05, 4.69) is 5.32 Å². The molecule has 1 aliphatic rings. The molecule has 3 atom stereocenters. The van der Waals surface area contributed by atoms with Crippen LogP contribution in [-0.2, 0) is 14.3 Å². The third-order valence-corrected chi connectivity index (χ3v) is 3.25. The fourth-order valence-corrected chi connectivity index (χ4v) is 1.53. The van der Waals surface area contributed by atoms with E-state index in [1.54, 1.807) is 0 Å². The van der Waals surface area contributed by atoms with Crippen LogP contribution in [0.1, 0.15) is 40.5 Å². The lowest BCUT2D eigenvalue weighted by Gasteiger charge is -2.29. The predicted molar refractivity (Wildman–Crippen MR) is 62.6 cm³/mol. The molecule has 0 spiro atoms. The summed E-state index contributed by atoms with van der Waals surface area (Å²) in [6, 6.07) is 0.0162. The summed E-state index contributed by atoms with van der Waals surface area (Å²) in [5, 5.41) is 11.6. The molecule has 1 amide bonds. The zero-order valence-electron chi connectivity index (χ0n) is 10.8. The van der Waals surface area contributed by atoms with Crippen molar-refractivity contribution < 1.29 is 19.4 Å². The van der Waals surface area contributed by atoms with Crippen molar-refractivity contribution in [3.8, 4) is 0 Å². The maximum atomic E-state index is 11.8. The number of rotatable bonds is 3. The van der Waals surface area contributed by atoms with Gasteiger partial charge in [-0.25, -0.2) is 4.79 Å². The maximum absolute atomic E-state index is 11.8. The van der Waals surface area contributed by atoms with E-state index in [-0.39, 0.29) is 17.4 Å². The summed E-state index contributed by atoms with van der Waals surface area (Å²) in [5.41, 5.74) is -0.0273. The summed E-state index contributed by atoms with van der Waals surface area (Å²) in [7, 11) is 0. The Labute approximate surface area is 102 Å². The number of carboxylic acid groups (broad SMARTS) is 1. The van der Waals surface area contributed by atoms with E-state index in [0.717, 1.165) is 0 Å². The van der Waals surface area contributed by atoms with E-state index in [1.807, 2.05) is 27.7 Å². The van der Waals surface area contributed by atoms with E-state index < -0.39 is 18.2 Å². The Morgan fingerprint density at radius 1 is 1.29 bits per heavy atom. The first-order valence-electron chi connectivity index (χ1n) is 5.90. The van der Waals surface area contributed by atoms with Crippen LogP contribution in [0.5, 0.6) is 0 Å². The SMILES string of the molecule is CC(NC(=O)[C@@H]1CC[C@H](C(=O)O)O1)C(C)(C)C. The normalized spacial score (nSPS) is 26.6. The summed E-state index contributed by atoms with van der Waals surface area (Å²) in [5.74, 6) is -1.21. The Bertz CT molecular complexity index is 308. The van der Waals surface area contributed by atoms with E-state index in [9.17, 15) is 9.59 Å². The number of carbonyl (C=O) groups is 2. The van der Waals surface area contributed by atoms with Crippen LogP contribution in [0.15, 0.2) is 0 Å². The summed E-state index contributed by atoms with van der Waals surface area (Å²) in [4.78, 5) is 22.5. The first kappa shape index (κ1) is 14.0. The fourth-order valence-electron chi connectivity index (χ4n) is 1.53. The van der Waals surface area contributed by atoms with Gasteiger partial charge in [-0.2, -0.15) is 0 Å². The van der Waals surface area contributed by atoms with Gasteiger partial charge >= 0.3 is 5.97 Å². The molecule has 1 aliphatic heterocycles. The number of carboxylic acids is 1. The molecule has 0 aliphatic carbocycles. The standard InChI is InChI=1S/C12H21NO4/c1-7(12(2,3)4)13-10(14)8-5-6-9(17-8)11(15)16/h7-9H,5-6H2,1-4H3,(H,13,14)(H,15,16)/t7?,8-,9+/m0/s1. The van der Waals surface area contributed by atoms with E-state index >= 15 is 0 Å². The molecule has 98 valence electrons. The van der Waals surface area contributed by atoms with Gasteiger partial charge in [-0.05, 0) is 25.2 Å². The minimum atomic E-state index is -0.996. The molecular formula is C12H21NO4. The quantitative estimate of drug-likeness (QED) is 0.780. The van der Waals surface area contributed by atoms with Gasteiger partial charge in [0.2, 0.25) is 5.91 Å². The lowest BCUT2D eigenvalue weighted by molar-refractivity contribution is -0.152. The second-order valence-corrected chi connectivity index (χ2v) is 5.63. The molecule has 5 heteroatoms. The summed E-state index contributed by atoms with van der Waals surface area (Å²) >= 11 is 0. The third kappa shape index (κ3) is 3.70. The molecule has 0 bridgehead atoms. The van der Waals surface area contributed by atoms with Gasteiger partial charge in [0.1, 0.15) is 6.10 Å². The lowest BCUT2D eigenvalue weighted by Crippen LogP contribution is -2.46. The number of hydrogen-bond acceptors (Lipinski definition) is 3. The minimum Gasteiger partial charge on any atom is -0.479 e. The molecule has 0 aromatic carbocycles. The van der Waals surface area contributed by atoms with Crippen molar-refractivity contribution in [2.24, 2.45) is 5.41 Å². The number of amides is 1. The van der Waals surface area contributed by atoms with Crippen molar-refractivity contribution in [3.05, 3.63) is 0 Å². The maximum Gasteiger partial charge on any atom is 0.332 e. The van der Waals surface area contributed by atoms with Crippen molar-refractivity contribution in [1.82, 2.24) is 5.32 Å². The second-order valence-electron chi connectivity index (χ2n) is 5.63. The molecule has 1 heterocycles. The van der Waals surface area contributed by atoms with Crippen molar-refractivity contribution in [3.63, 3.8) is 0 Å². The Morgan fingerprint density at radius 3 is 2.24 bits per heavy atom. The summed E-state index contributed by atoms with van der Waals surface area (Å²) in [6.45, 7) is 8.04. The van der Waals surface area contributed by atoms with Gasteiger partial charge in [-0.15, -0.1) is 0 Å². The van der Waals surface area contributed by atoms with Crippen LogP contribution in [0, 0.1) is 5.41 Å². The highest BCUT2D eigenvalue weighted by atomic mass is 16.5. The van der Waals surface area contributed by atoms with Crippen LogP contribution in [0.2, 0.25) is 0 Å². The summed E-state index contributed by atoms with van der Waals surface area (Å²) in [6.07, 6.45) is -0.589. The van der Waals surface area contributed by atoms with Crippen molar-refractivity contribution in [2.75, 3.05) is 0 Å². The van der Waals surface area contributed by atoms with Gasteiger partial charge in [0, 0.05) is 6.04 Å². The molecule has 17 heavy (non-hydrogen) atoms. The molecular weight excluding hydrogens is 222 g/mol. The van der Waals surface area contributed by atoms with Crippen molar-refractivity contribution in [1.29, 1.82) is 0 Å². The Kier molecular flexibility index (Phi) is 4.14. The molecule has 0 saturated carbocycles. The largest absolute Gasteiger partial charge is 0.479 e. The van der Waals surface area contributed by atoms with Crippen LogP contribution in [-0.4, -0.2) is 35.2 Å². The molecule has 0 aromatic heterocycles. The highest BCUT2D eigenvalue weighted by Gasteiger charge is 2.35. The van der Waals surface area contributed by atoms with Crippen molar-refractivity contribution >= 4 is 11.9 Å². The van der Waals surface area contributed by atoms with Crippen molar-refractivity contribution in [2.45, 2.75) is 58.8 Å². The van der Waals surface area contributed by atoms with E-state index in [0.29, 0.717) is 12.8 Å². The van der Waals surface area contributed by atoms with Crippen LogP contribution in [0.3, 0.4) is 0 Å². The first-order chi connectivity index (χ1) is 7.71. The Hall–Kier alpha value is -1.10. The topological polar surface area (TPSA) is 75.6 Å². The van der Waals surface area contributed by atoms with Crippen LogP contribution < -0.4 is 5.32 Å². The average molecular weight is 243 g/mol. The number of nitrogens with one attached hydrogen (secondary N) is 1. The predicted octanol–water partition coefficient (Wildman–Crippen LogP) is 1.17. The van der Waals surface area contributed by atoms with Gasteiger partial charge in [-0.3, -0.25) is 4.79 Å². The van der Waals surface area contributed by atoms with Gasteiger partial charge in [0.15, 0.2) is 6.10 Å². The zero-order chi connectivity index (χ0) is 13.2. The number of aliphatic carboxylic acids is 1. The number of ether oxygens (including phenoxy) is 1. The lowest BCUT2D eigenvalue weighted by atomic mass is 9.88. The van der Waals surface area contributed by atoms with Crippen LogP contribution in [0.4, 0.5) is 0 Å². The fraction of sp³-hybridized carbons (Fsp3) is 0.833. The summed E-state index contributed by atoms with van der Waals surface area (Å²) < 4.78 is 5.19. The van der Waals surface area contributed by atoms with Crippen LogP contribution in [0.25, 0.3) is 0 Å².